The van der Waals surface area contributed by atoms with Crippen LogP contribution in [0.5, 0.6) is 0 Å². The molecule has 0 radical (unpaired) electrons. The van der Waals surface area contributed by atoms with Crippen LogP contribution in [0.1, 0.15) is 10.4 Å². The lowest BCUT2D eigenvalue weighted by Crippen LogP contribution is -2.56. The van der Waals surface area contributed by atoms with Crippen LogP contribution < -0.4 is 16.0 Å². The monoisotopic (exact) mass is 400 g/mol. The number of fused-ring (bicyclic) bond motifs is 1. The minimum absolute atomic E-state index is 0.164. The van der Waals surface area contributed by atoms with E-state index in [1.54, 1.807) is 43.2 Å². The molecule has 0 saturated carbocycles. The average Bonchev–Trinajstić information content (AvgIpc) is 3.17. The van der Waals surface area contributed by atoms with Crippen LogP contribution in [-0.4, -0.2) is 49.5 Å². The first-order valence-corrected chi connectivity index (χ1v) is 9.57. The topological polar surface area (TPSA) is 115 Å². The minimum atomic E-state index is -0.240. The summed E-state index contributed by atoms with van der Waals surface area (Å²) in [6.45, 7) is 1.49. The van der Waals surface area contributed by atoms with E-state index in [9.17, 15) is 4.79 Å². The normalized spacial score (nSPS) is 14.0. The first kappa shape index (κ1) is 18.2. The van der Waals surface area contributed by atoms with Crippen molar-refractivity contribution in [1.29, 1.82) is 0 Å². The summed E-state index contributed by atoms with van der Waals surface area (Å²) in [5.41, 5.74) is 8.07. The van der Waals surface area contributed by atoms with Gasteiger partial charge >= 0.3 is 0 Å². The summed E-state index contributed by atoms with van der Waals surface area (Å²) in [7, 11) is 1.92. The van der Waals surface area contributed by atoms with Crippen LogP contribution in [0, 0.1) is 0 Å². The lowest BCUT2D eigenvalue weighted by molar-refractivity contribution is 0.102. The van der Waals surface area contributed by atoms with Gasteiger partial charge in [-0.2, -0.15) is 0 Å². The number of aromatic nitrogens is 5. The Morgan fingerprint density at radius 2 is 1.93 bits per heavy atom. The molecule has 0 bridgehead atoms. The number of carbonyl (C=O) groups excluding carboxylic acids is 1. The number of nitrogens with one attached hydrogen (secondary N) is 1. The summed E-state index contributed by atoms with van der Waals surface area (Å²) >= 11 is 0. The molecule has 1 aliphatic heterocycles. The lowest BCUT2D eigenvalue weighted by atomic mass is 10.1. The third-order valence-electron chi connectivity index (χ3n) is 5.17. The summed E-state index contributed by atoms with van der Waals surface area (Å²) in [4.78, 5) is 32.1. The van der Waals surface area contributed by atoms with Crippen LogP contribution in [0.25, 0.3) is 22.2 Å². The van der Waals surface area contributed by atoms with Gasteiger partial charge in [0.1, 0.15) is 11.6 Å². The van der Waals surface area contributed by atoms with Crippen molar-refractivity contribution < 1.29 is 4.79 Å². The number of imidazole rings is 1. The molecule has 150 valence electrons. The highest BCUT2D eigenvalue weighted by atomic mass is 16.1. The predicted molar refractivity (Wildman–Crippen MR) is 114 cm³/mol. The lowest BCUT2D eigenvalue weighted by Gasteiger charge is -2.37. The van der Waals surface area contributed by atoms with Crippen molar-refractivity contribution >= 4 is 28.3 Å². The zero-order valence-electron chi connectivity index (χ0n) is 16.4. The maximum absolute atomic E-state index is 12.7. The summed E-state index contributed by atoms with van der Waals surface area (Å²) < 4.78 is 1.91. The molecule has 4 aromatic rings. The Balaban J connectivity index is 1.39. The van der Waals surface area contributed by atoms with Crippen LogP contribution in [-0.2, 0) is 7.05 Å². The van der Waals surface area contributed by atoms with Gasteiger partial charge in [-0.1, -0.05) is 0 Å². The number of rotatable bonds is 4. The molecule has 30 heavy (non-hydrogen) atoms. The molecule has 1 fully saturated rings. The molecule has 0 atom stereocenters. The predicted octanol–water partition coefficient (Wildman–Crippen LogP) is 1.82. The SMILES string of the molecule is Cn1cncc1-c1cc2cc(NC(=O)c3ccnc(N4CC(N)C4)c3)ncc2cn1. The van der Waals surface area contributed by atoms with Gasteiger partial charge in [0.05, 0.1) is 23.9 Å². The fraction of sp³-hybridized carbons (Fsp3) is 0.190. The molecule has 4 aromatic heterocycles. The van der Waals surface area contributed by atoms with E-state index in [0.29, 0.717) is 11.4 Å². The zero-order chi connectivity index (χ0) is 20.7. The minimum Gasteiger partial charge on any atom is -0.353 e. The first-order valence-electron chi connectivity index (χ1n) is 9.57. The molecular weight excluding hydrogens is 380 g/mol. The fourth-order valence-corrected chi connectivity index (χ4v) is 3.47. The standard InChI is InChI=1S/C21H20N8O/c1-28-12-23-9-18(28)17-4-14-5-19(26-8-15(14)7-25-17)27-21(30)13-2-3-24-20(6-13)29-10-16(22)11-29/h2-9,12,16H,10-11,22H2,1H3,(H,26,27,30). The highest BCUT2D eigenvalue weighted by Crippen LogP contribution is 2.23. The second-order valence-corrected chi connectivity index (χ2v) is 7.40. The van der Waals surface area contributed by atoms with Crippen molar-refractivity contribution in [2.45, 2.75) is 6.04 Å². The molecule has 0 aliphatic carbocycles. The van der Waals surface area contributed by atoms with Gasteiger partial charge in [-0.05, 0) is 29.7 Å². The Labute approximate surface area is 172 Å². The van der Waals surface area contributed by atoms with Crippen LogP contribution in [0.15, 0.2) is 55.4 Å². The summed E-state index contributed by atoms with van der Waals surface area (Å²) in [6.07, 6.45) is 8.60. The molecule has 9 heteroatoms. The Bertz CT molecular complexity index is 1240. The Kier molecular flexibility index (Phi) is 4.36. The molecule has 0 spiro atoms. The Hall–Kier alpha value is -3.85. The average molecular weight is 400 g/mol. The van der Waals surface area contributed by atoms with Crippen LogP contribution in [0.4, 0.5) is 11.6 Å². The number of anilines is 2. The van der Waals surface area contributed by atoms with Gasteiger partial charge in [-0.25, -0.2) is 15.0 Å². The van der Waals surface area contributed by atoms with Crippen LogP contribution in [0.2, 0.25) is 0 Å². The van der Waals surface area contributed by atoms with E-state index >= 15 is 0 Å². The number of aryl methyl sites for hydroxylation is 1. The molecule has 1 aliphatic rings. The molecule has 1 saturated heterocycles. The second kappa shape index (κ2) is 7.20. The van der Waals surface area contributed by atoms with Crippen molar-refractivity contribution in [1.82, 2.24) is 24.5 Å². The fourth-order valence-electron chi connectivity index (χ4n) is 3.47. The van der Waals surface area contributed by atoms with Crippen LogP contribution in [0.3, 0.4) is 0 Å². The van der Waals surface area contributed by atoms with Crippen molar-refractivity contribution in [3.8, 4) is 11.4 Å². The summed E-state index contributed by atoms with van der Waals surface area (Å²) in [5, 5.41) is 4.68. The maximum Gasteiger partial charge on any atom is 0.257 e. The van der Waals surface area contributed by atoms with Crippen molar-refractivity contribution in [2.24, 2.45) is 12.8 Å². The van der Waals surface area contributed by atoms with E-state index < -0.39 is 0 Å². The van der Waals surface area contributed by atoms with E-state index in [0.717, 1.165) is 41.1 Å². The quantitative estimate of drug-likeness (QED) is 0.537. The largest absolute Gasteiger partial charge is 0.353 e. The number of carbonyl (C=O) groups is 1. The van der Waals surface area contributed by atoms with E-state index in [-0.39, 0.29) is 11.9 Å². The molecule has 0 aromatic carbocycles. The van der Waals surface area contributed by atoms with Crippen molar-refractivity contribution in [3.63, 3.8) is 0 Å². The van der Waals surface area contributed by atoms with Gasteiger partial charge in [-0.15, -0.1) is 0 Å². The van der Waals surface area contributed by atoms with E-state index in [4.69, 9.17) is 5.73 Å². The van der Waals surface area contributed by atoms with Crippen LogP contribution >= 0.6 is 0 Å². The highest BCUT2D eigenvalue weighted by molar-refractivity contribution is 6.05. The number of pyridine rings is 3. The van der Waals surface area contributed by atoms with Crippen molar-refractivity contribution in [2.75, 3.05) is 23.3 Å². The number of amides is 1. The Morgan fingerprint density at radius 1 is 1.10 bits per heavy atom. The van der Waals surface area contributed by atoms with E-state index in [1.165, 1.54) is 0 Å². The Morgan fingerprint density at radius 3 is 2.70 bits per heavy atom. The molecule has 0 unspecified atom stereocenters. The second-order valence-electron chi connectivity index (χ2n) is 7.40. The number of hydrogen-bond donors (Lipinski definition) is 2. The molecule has 3 N–H and O–H groups in total. The number of nitrogens with zero attached hydrogens (tertiary/aromatic N) is 6. The summed E-state index contributed by atoms with van der Waals surface area (Å²) in [6, 6.07) is 7.42. The third-order valence-corrected chi connectivity index (χ3v) is 5.17. The number of hydrogen-bond acceptors (Lipinski definition) is 7. The van der Waals surface area contributed by atoms with Gasteiger partial charge in [0.15, 0.2) is 0 Å². The third kappa shape index (κ3) is 3.35. The van der Waals surface area contributed by atoms with Gasteiger partial charge in [0.25, 0.3) is 5.91 Å². The van der Waals surface area contributed by atoms with Crippen molar-refractivity contribution in [3.05, 3.63) is 60.9 Å². The van der Waals surface area contributed by atoms with Gasteiger partial charge in [0.2, 0.25) is 0 Å². The van der Waals surface area contributed by atoms with Gasteiger partial charge in [0, 0.05) is 55.7 Å². The molecule has 5 heterocycles. The summed E-state index contributed by atoms with van der Waals surface area (Å²) in [5.74, 6) is 0.984. The maximum atomic E-state index is 12.7. The number of nitrogens with two attached hydrogens (primary N) is 1. The zero-order valence-corrected chi connectivity index (χ0v) is 16.4. The van der Waals surface area contributed by atoms with E-state index in [2.05, 4.69) is 25.3 Å². The molecule has 9 nitrogen and oxygen atoms in total. The van der Waals surface area contributed by atoms with Gasteiger partial charge < -0.3 is 20.5 Å². The van der Waals surface area contributed by atoms with E-state index in [1.807, 2.05) is 28.6 Å². The molecule has 1 amide bonds. The highest BCUT2D eigenvalue weighted by Gasteiger charge is 2.24. The molecule has 5 rings (SSSR count). The molecular formula is C21H20N8O. The van der Waals surface area contributed by atoms with Gasteiger partial charge in [-0.3, -0.25) is 9.78 Å². The first-order chi connectivity index (χ1) is 14.6. The smallest absolute Gasteiger partial charge is 0.257 e.